The van der Waals surface area contributed by atoms with Gasteiger partial charge in [-0.2, -0.15) is 5.10 Å². The lowest BCUT2D eigenvalue weighted by Crippen LogP contribution is -2.09. The molecule has 3 aromatic rings. The van der Waals surface area contributed by atoms with E-state index in [0.29, 0.717) is 24.4 Å². The Hall–Kier alpha value is -2.96. The first-order valence-electron chi connectivity index (χ1n) is 6.81. The van der Waals surface area contributed by atoms with Crippen molar-refractivity contribution in [2.45, 2.75) is 6.42 Å². The van der Waals surface area contributed by atoms with Gasteiger partial charge in [0, 0.05) is 38.3 Å². The smallest absolute Gasteiger partial charge is 0.339 e. The van der Waals surface area contributed by atoms with Crippen LogP contribution in [0.15, 0.2) is 49.4 Å². The van der Waals surface area contributed by atoms with E-state index in [-0.39, 0.29) is 5.97 Å². The van der Waals surface area contributed by atoms with Crippen LogP contribution >= 0.6 is 0 Å². The van der Waals surface area contributed by atoms with E-state index in [2.05, 4.69) is 15.1 Å². The van der Waals surface area contributed by atoms with Gasteiger partial charge in [-0.15, -0.1) is 0 Å². The molecule has 7 heteroatoms. The Morgan fingerprint density at radius 1 is 1.32 bits per heavy atom. The van der Waals surface area contributed by atoms with Gasteiger partial charge in [-0.05, 0) is 17.7 Å². The van der Waals surface area contributed by atoms with Gasteiger partial charge in [0.25, 0.3) is 0 Å². The quantitative estimate of drug-likeness (QED) is 0.665. The first-order valence-corrected chi connectivity index (χ1v) is 6.81. The lowest BCUT2D eigenvalue weighted by molar-refractivity contribution is 0.0509. The largest absolute Gasteiger partial charge is 0.462 e. The van der Waals surface area contributed by atoms with Crippen LogP contribution in [0.1, 0.15) is 15.9 Å². The molecule has 7 nitrogen and oxygen atoms in total. The van der Waals surface area contributed by atoms with Crippen molar-refractivity contribution in [2.24, 2.45) is 7.05 Å². The SMILES string of the molecule is Cn1cc(CCOC(=O)c2ccc(-n3ccnc3)nc2)cn1. The normalized spacial score (nSPS) is 10.6. The predicted octanol–water partition coefficient (Wildman–Crippen LogP) is 1.40. The fourth-order valence-electron chi connectivity index (χ4n) is 2.00. The van der Waals surface area contributed by atoms with Crippen molar-refractivity contribution in [2.75, 3.05) is 6.61 Å². The summed E-state index contributed by atoms with van der Waals surface area (Å²) >= 11 is 0. The van der Waals surface area contributed by atoms with Crippen molar-refractivity contribution in [1.82, 2.24) is 24.3 Å². The van der Waals surface area contributed by atoms with Crippen LogP contribution in [0.4, 0.5) is 0 Å². The summed E-state index contributed by atoms with van der Waals surface area (Å²) in [7, 11) is 1.85. The number of hydrogen-bond donors (Lipinski definition) is 0. The molecule has 0 fully saturated rings. The summed E-state index contributed by atoms with van der Waals surface area (Å²) < 4.78 is 8.72. The summed E-state index contributed by atoms with van der Waals surface area (Å²) in [6.07, 6.45) is 10.9. The first-order chi connectivity index (χ1) is 10.7. The summed E-state index contributed by atoms with van der Waals surface area (Å²) in [6, 6.07) is 3.44. The highest BCUT2D eigenvalue weighted by Gasteiger charge is 2.08. The maximum Gasteiger partial charge on any atom is 0.339 e. The van der Waals surface area contributed by atoms with Crippen LogP contribution in [0, 0.1) is 0 Å². The third-order valence-electron chi connectivity index (χ3n) is 3.13. The third kappa shape index (κ3) is 3.20. The topological polar surface area (TPSA) is 74.8 Å². The fraction of sp³-hybridized carbons (Fsp3) is 0.200. The van der Waals surface area contributed by atoms with Crippen LogP contribution in [-0.2, 0) is 18.2 Å². The Bertz CT molecular complexity index is 747. The molecule has 0 saturated carbocycles. The third-order valence-corrected chi connectivity index (χ3v) is 3.13. The standard InChI is InChI=1S/C15H15N5O2/c1-19-10-12(8-18-19)4-7-22-15(21)13-2-3-14(17-9-13)20-6-5-16-11-20/h2-3,5-6,8-11H,4,7H2,1H3. The predicted molar refractivity (Wildman–Crippen MR) is 78.6 cm³/mol. The molecule has 3 rings (SSSR count). The Balaban J connectivity index is 1.56. The summed E-state index contributed by atoms with van der Waals surface area (Å²) in [6.45, 7) is 0.313. The zero-order valence-electron chi connectivity index (χ0n) is 12.1. The number of ether oxygens (including phenoxy) is 1. The Kier molecular flexibility index (Phi) is 3.95. The summed E-state index contributed by atoms with van der Waals surface area (Å²) in [5.41, 5.74) is 1.46. The molecule has 0 bridgehead atoms. The summed E-state index contributed by atoms with van der Waals surface area (Å²) in [5.74, 6) is 0.318. The van der Waals surface area contributed by atoms with E-state index in [9.17, 15) is 4.79 Å². The van der Waals surface area contributed by atoms with E-state index < -0.39 is 0 Å². The highest BCUT2D eigenvalue weighted by Crippen LogP contribution is 2.07. The number of aromatic nitrogens is 5. The molecule has 0 radical (unpaired) electrons. The summed E-state index contributed by atoms with van der Waals surface area (Å²) in [5, 5.41) is 4.07. The average molecular weight is 297 g/mol. The molecule has 3 heterocycles. The Morgan fingerprint density at radius 2 is 2.23 bits per heavy atom. The van der Waals surface area contributed by atoms with Gasteiger partial charge in [0.2, 0.25) is 0 Å². The molecule has 0 aliphatic rings. The van der Waals surface area contributed by atoms with Crippen LogP contribution in [0.5, 0.6) is 0 Å². The number of imidazole rings is 1. The van der Waals surface area contributed by atoms with Crippen molar-refractivity contribution in [3.05, 3.63) is 60.6 Å². The monoisotopic (exact) mass is 297 g/mol. The van der Waals surface area contributed by atoms with Crippen molar-refractivity contribution in [3.63, 3.8) is 0 Å². The highest BCUT2D eigenvalue weighted by molar-refractivity contribution is 5.89. The fourth-order valence-corrected chi connectivity index (χ4v) is 2.00. The Labute approximate surface area is 127 Å². The van der Waals surface area contributed by atoms with E-state index in [1.165, 1.54) is 6.20 Å². The number of carbonyl (C=O) groups excluding carboxylic acids is 1. The maximum absolute atomic E-state index is 11.9. The van der Waals surface area contributed by atoms with Gasteiger partial charge in [-0.3, -0.25) is 9.25 Å². The summed E-state index contributed by atoms with van der Waals surface area (Å²) in [4.78, 5) is 20.1. The maximum atomic E-state index is 11.9. The van der Waals surface area contributed by atoms with Gasteiger partial charge in [-0.1, -0.05) is 0 Å². The van der Waals surface area contributed by atoms with E-state index in [1.54, 1.807) is 46.3 Å². The minimum absolute atomic E-state index is 0.313. The second-order valence-corrected chi connectivity index (χ2v) is 4.78. The number of nitrogens with zero attached hydrogens (tertiary/aromatic N) is 5. The average Bonchev–Trinajstić information content (AvgIpc) is 3.19. The van der Waals surface area contributed by atoms with Crippen LogP contribution in [0.25, 0.3) is 5.82 Å². The van der Waals surface area contributed by atoms with Crippen LogP contribution in [0.2, 0.25) is 0 Å². The van der Waals surface area contributed by atoms with E-state index in [4.69, 9.17) is 4.74 Å². The van der Waals surface area contributed by atoms with Gasteiger partial charge in [0.15, 0.2) is 0 Å². The molecule has 0 atom stereocenters. The number of carbonyl (C=O) groups is 1. The van der Waals surface area contributed by atoms with Gasteiger partial charge in [0.05, 0.1) is 18.4 Å². The van der Waals surface area contributed by atoms with Crippen LogP contribution in [0.3, 0.4) is 0 Å². The van der Waals surface area contributed by atoms with Crippen molar-refractivity contribution >= 4 is 5.97 Å². The molecular weight excluding hydrogens is 282 g/mol. The number of esters is 1. The van der Waals surface area contributed by atoms with Crippen LogP contribution in [-0.4, -0.2) is 36.9 Å². The van der Waals surface area contributed by atoms with Crippen molar-refractivity contribution in [3.8, 4) is 5.82 Å². The molecule has 0 N–H and O–H groups in total. The van der Waals surface area contributed by atoms with Gasteiger partial charge < -0.3 is 4.74 Å². The van der Waals surface area contributed by atoms with E-state index >= 15 is 0 Å². The molecule has 112 valence electrons. The number of rotatable bonds is 5. The van der Waals surface area contributed by atoms with Crippen molar-refractivity contribution in [1.29, 1.82) is 0 Å². The molecular formula is C15H15N5O2. The second kappa shape index (κ2) is 6.21. The molecule has 0 unspecified atom stereocenters. The highest BCUT2D eigenvalue weighted by atomic mass is 16.5. The van der Waals surface area contributed by atoms with Gasteiger partial charge in [-0.25, -0.2) is 14.8 Å². The Morgan fingerprint density at radius 3 is 2.86 bits per heavy atom. The number of aryl methyl sites for hydroxylation is 1. The zero-order chi connectivity index (χ0) is 15.4. The molecule has 0 amide bonds. The first kappa shape index (κ1) is 14.0. The molecule has 0 saturated heterocycles. The van der Waals surface area contributed by atoms with E-state index in [1.807, 2.05) is 13.2 Å². The minimum Gasteiger partial charge on any atom is -0.462 e. The number of pyridine rings is 1. The molecule has 0 aliphatic carbocycles. The van der Waals surface area contributed by atoms with Crippen LogP contribution < -0.4 is 0 Å². The zero-order valence-corrected chi connectivity index (χ0v) is 12.1. The van der Waals surface area contributed by atoms with E-state index in [0.717, 1.165) is 5.56 Å². The van der Waals surface area contributed by atoms with Gasteiger partial charge in [0.1, 0.15) is 12.1 Å². The molecule has 0 aromatic carbocycles. The minimum atomic E-state index is -0.381. The van der Waals surface area contributed by atoms with Crippen molar-refractivity contribution < 1.29 is 9.53 Å². The molecule has 3 aromatic heterocycles. The molecule has 0 aliphatic heterocycles. The lowest BCUT2D eigenvalue weighted by atomic mass is 10.2. The number of hydrogen-bond acceptors (Lipinski definition) is 5. The second-order valence-electron chi connectivity index (χ2n) is 4.78. The molecule has 22 heavy (non-hydrogen) atoms. The lowest BCUT2D eigenvalue weighted by Gasteiger charge is -2.05. The molecule has 0 spiro atoms. The van der Waals surface area contributed by atoms with Gasteiger partial charge >= 0.3 is 5.97 Å².